The molecule has 0 aromatic carbocycles. The topological polar surface area (TPSA) is 319 Å². The first-order chi connectivity index (χ1) is 44.0. The highest BCUT2D eigenvalue weighted by Gasteiger charge is 2.47. The average molecular weight is 1360 g/mol. The van der Waals surface area contributed by atoms with Gasteiger partial charge in [-0.05, 0) is 121 Å². The summed E-state index contributed by atoms with van der Waals surface area (Å²) < 4.78 is 0. The number of thioether (sulfide) groups is 1. The number of hydrogen-bond acceptors (Lipinski definition) is 15. The van der Waals surface area contributed by atoms with Crippen molar-refractivity contribution < 1.29 is 68.1 Å². The first-order valence-electron chi connectivity index (χ1n) is 34.3. The molecule has 0 aromatic heterocycles. The molecule has 1 aliphatic rings. The highest BCUT2D eigenvalue weighted by atomic mass is 32.2. The molecule has 0 aliphatic carbocycles. The summed E-state index contributed by atoms with van der Waals surface area (Å²) in [5.41, 5.74) is -1.59. The van der Waals surface area contributed by atoms with Crippen molar-refractivity contribution in [2.45, 2.75) is 260 Å². The lowest BCUT2D eigenvalue weighted by atomic mass is 9.91. The van der Waals surface area contributed by atoms with Crippen molar-refractivity contribution in [1.29, 1.82) is 0 Å². The molecule has 546 valence electrons. The van der Waals surface area contributed by atoms with Crippen molar-refractivity contribution >= 4 is 76.7 Å². The number of nitrogens with one attached hydrogen (secondary N) is 4. The fraction of sp³-hybridized carbons (Fsp3) is 0.812. The molecule has 1 fully saturated rings. The zero-order chi connectivity index (χ0) is 73.4. The fourth-order valence-electron chi connectivity index (χ4n) is 11.8. The van der Waals surface area contributed by atoms with E-state index in [0.29, 0.717) is 18.6 Å². The van der Waals surface area contributed by atoms with E-state index in [1.807, 2.05) is 41.5 Å². The second kappa shape index (κ2) is 40.8. The van der Waals surface area contributed by atoms with Crippen molar-refractivity contribution in [3.8, 4) is 0 Å². The predicted molar refractivity (Wildman–Crippen MR) is 372 cm³/mol. The summed E-state index contributed by atoms with van der Waals surface area (Å²) in [6.45, 7) is 28.9. The van der Waals surface area contributed by atoms with Gasteiger partial charge >= 0.3 is 0 Å². The Labute approximate surface area is 573 Å². The number of hydrogen-bond donors (Lipinski definition) is 7. The number of likely N-dealkylation sites (N-methyl/N-ethyl adjacent to an activating group) is 7. The minimum absolute atomic E-state index is 0.00268. The lowest BCUT2D eigenvalue weighted by molar-refractivity contribution is -0.157. The van der Waals surface area contributed by atoms with Gasteiger partial charge in [-0.1, -0.05) is 108 Å². The van der Waals surface area contributed by atoms with E-state index in [1.54, 1.807) is 60.6 Å². The van der Waals surface area contributed by atoms with Gasteiger partial charge < -0.3 is 70.9 Å². The number of carbonyl (C=O) groups excluding carboxylic acids is 11. The molecule has 0 aromatic rings. The van der Waals surface area contributed by atoms with Crippen molar-refractivity contribution in [1.82, 2.24) is 55.6 Å². The zero-order valence-electron chi connectivity index (χ0n) is 62.1. The molecule has 0 radical (unpaired) electrons. The van der Waals surface area contributed by atoms with E-state index in [1.165, 1.54) is 113 Å². The zero-order valence-corrected chi connectivity index (χ0v) is 62.9. The molecule has 1 heterocycles. The van der Waals surface area contributed by atoms with Crippen molar-refractivity contribution in [2.24, 2.45) is 35.5 Å². The minimum atomic E-state index is -1.67. The first kappa shape index (κ1) is 87.2. The van der Waals surface area contributed by atoms with Crippen LogP contribution in [0.4, 0.5) is 0 Å². The fourth-order valence-corrected chi connectivity index (χ4v) is 13.0. The molecular weight excluding hydrogens is 1240 g/mol. The maximum Gasteiger partial charge on any atom is 0.246 e. The quantitative estimate of drug-likeness (QED) is 0.0561. The third-order valence-corrected chi connectivity index (χ3v) is 19.0. The molecule has 11 amide bonds. The van der Waals surface area contributed by atoms with Gasteiger partial charge in [0.2, 0.25) is 65.0 Å². The maximum absolute atomic E-state index is 15.4. The van der Waals surface area contributed by atoms with E-state index in [9.17, 15) is 39.3 Å². The summed E-state index contributed by atoms with van der Waals surface area (Å²) in [5.74, 6) is -9.84. The Morgan fingerprint density at radius 1 is 0.495 bits per heavy atom. The average Bonchev–Trinajstić information content (AvgIpc) is 0.814. The van der Waals surface area contributed by atoms with E-state index in [2.05, 4.69) is 21.3 Å². The molecule has 95 heavy (non-hydrogen) atoms. The van der Waals surface area contributed by atoms with Gasteiger partial charge in [0.1, 0.15) is 66.5 Å². The molecule has 26 heteroatoms. The smallest absolute Gasteiger partial charge is 0.246 e. The van der Waals surface area contributed by atoms with Crippen LogP contribution in [0.1, 0.15) is 182 Å². The molecular formula is C69H125N11O14S. The summed E-state index contributed by atoms with van der Waals surface area (Å²) in [6.07, 6.45) is 5.17. The monoisotopic (exact) mass is 1360 g/mol. The van der Waals surface area contributed by atoms with Gasteiger partial charge in [-0.3, -0.25) is 52.7 Å². The van der Waals surface area contributed by atoms with Crippen LogP contribution in [0.15, 0.2) is 12.2 Å². The molecule has 7 N–H and O–H groups in total. The maximum atomic E-state index is 15.4. The van der Waals surface area contributed by atoms with Crippen LogP contribution < -0.4 is 21.3 Å². The number of aliphatic hydroxyl groups is 3. The van der Waals surface area contributed by atoms with Gasteiger partial charge in [0.25, 0.3) is 0 Å². The summed E-state index contributed by atoms with van der Waals surface area (Å²) in [7, 11) is 9.83. The highest BCUT2D eigenvalue weighted by Crippen LogP contribution is 2.27. The Hall–Kier alpha value is -5.86. The largest absolute Gasteiger partial charge is 0.396 e. The van der Waals surface area contributed by atoms with Crippen molar-refractivity contribution in [3.63, 3.8) is 0 Å². The third kappa shape index (κ3) is 26.2. The highest BCUT2D eigenvalue weighted by molar-refractivity contribution is 7.99. The molecule has 1 rings (SSSR count). The van der Waals surface area contributed by atoms with Gasteiger partial charge in [0, 0.05) is 68.1 Å². The predicted octanol–water partition coefficient (Wildman–Crippen LogP) is 4.04. The standard InChI is InChI=1S/C69H125N11O14S/c1-25-27-32-45(13)57(82)56-61(86)72-48(26-2)63(88)78(22)53(39-95-34-31-29-28-30-33-81)66(91)77(21)52(38-69(16,17)94)60(85)73-54(43(9)10)67(92)74(18)49(35-40(3)4)59(84)70-46(14)58(83)71-47(15)62(87)75(19)50(36-41(5)6)64(89)76(20)51(37-42(7)8)65(90)79(23)55(44(11)12)68(93)80(56)24/h25,27,40-57,81-82,94H,26,28-39H2,1-24H3,(H,70,84)(H,71,83)(H,72,86)(H,73,85)/b27-25+/t45-,46+,47-,48+,49+,50+,51+,52+,53-,54+,55+,56+,57-/m1/s1. The van der Waals surface area contributed by atoms with Crippen LogP contribution in [0.2, 0.25) is 0 Å². The second-order valence-electron chi connectivity index (χ2n) is 28.9. The van der Waals surface area contributed by atoms with E-state index in [-0.39, 0.29) is 68.6 Å². The molecule has 0 saturated carbocycles. The first-order valence-corrected chi connectivity index (χ1v) is 35.4. The Morgan fingerprint density at radius 3 is 1.42 bits per heavy atom. The van der Waals surface area contributed by atoms with Crippen LogP contribution >= 0.6 is 11.8 Å². The van der Waals surface area contributed by atoms with E-state index < -0.39 is 161 Å². The van der Waals surface area contributed by atoms with Gasteiger partial charge in [-0.15, -0.1) is 0 Å². The second-order valence-corrected chi connectivity index (χ2v) is 30.1. The van der Waals surface area contributed by atoms with Crippen LogP contribution in [0.5, 0.6) is 0 Å². The number of carbonyl (C=O) groups is 11. The van der Waals surface area contributed by atoms with Crippen LogP contribution in [-0.2, 0) is 52.7 Å². The SMILES string of the molecule is C/C=C/C[C@@H](C)[C@@H](O)[C@H]1C(=O)N[C@@H](CC)C(=O)N(C)[C@H](CSCCCCCCO)C(=O)N(C)[C@@H](CC(C)(C)O)C(=O)N[C@@H](C(C)C)C(=O)N(C)[C@@H](CC(C)C)C(=O)N[C@@H](C)C(=O)N[C@H](C)C(=O)N(C)[C@@H](CC(C)C)C(=O)N(C)[C@@H](CC(C)C)C(=O)N(C)[C@@H](C(C)C)C(=O)N1C. The number of amides is 11. The summed E-state index contributed by atoms with van der Waals surface area (Å²) in [6, 6.07) is -14.5. The van der Waals surface area contributed by atoms with Crippen molar-refractivity contribution in [3.05, 3.63) is 12.2 Å². The van der Waals surface area contributed by atoms with Crippen molar-refractivity contribution in [2.75, 3.05) is 67.4 Å². The number of allylic oxidation sites excluding steroid dienone is 2. The normalized spacial score (nSPS) is 26.3. The Morgan fingerprint density at radius 2 is 0.937 bits per heavy atom. The number of rotatable bonds is 23. The molecule has 13 atom stereocenters. The van der Waals surface area contributed by atoms with Gasteiger partial charge in [0.05, 0.1) is 11.7 Å². The van der Waals surface area contributed by atoms with E-state index >= 15 is 28.8 Å². The summed E-state index contributed by atoms with van der Waals surface area (Å²) in [5, 5.41) is 44.1. The summed E-state index contributed by atoms with van der Waals surface area (Å²) >= 11 is 1.37. The van der Waals surface area contributed by atoms with Crippen LogP contribution in [0, 0.1) is 35.5 Å². The molecule has 1 saturated heterocycles. The lowest BCUT2D eigenvalue weighted by Crippen LogP contribution is -2.64. The molecule has 1 aliphatic heterocycles. The Kier molecular flexibility index (Phi) is 37.4. The number of nitrogens with zero attached hydrogens (tertiary/aromatic N) is 7. The molecule has 0 unspecified atom stereocenters. The molecule has 0 bridgehead atoms. The van der Waals surface area contributed by atoms with Gasteiger partial charge in [0.15, 0.2) is 0 Å². The Balaban J connectivity index is 4.56. The Bertz CT molecular complexity index is 2560. The van der Waals surface area contributed by atoms with Gasteiger partial charge in [-0.25, -0.2) is 0 Å². The van der Waals surface area contributed by atoms with Crippen LogP contribution in [-0.4, -0.2) is 260 Å². The summed E-state index contributed by atoms with van der Waals surface area (Å²) in [4.78, 5) is 172. The number of unbranched alkanes of at least 4 members (excludes halogenated alkanes) is 3. The molecule has 25 nitrogen and oxygen atoms in total. The van der Waals surface area contributed by atoms with Crippen LogP contribution in [0.25, 0.3) is 0 Å². The minimum Gasteiger partial charge on any atom is -0.396 e. The van der Waals surface area contributed by atoms with E-state index in [0.717, 1.165) is 22.6 Å². The van der Waals surface area contributed by atoms with Crippen LogP contribution in [0.3, 0.4) is 0 Å². The third-order valence-electron chi connectivity index (χ3n) is 17.9. The van der Waals surface area contributed by atoms with Gasteiger partial charge in [-0.2, -0.15) is 11.8 Å². The number of aliphatic hydroxyl groups excluding tert-OH is 2. The lowest BCUT2D eigenvalue weighted by Gasteiger charge is -2.41. The van der Waals surface area contributed by atoms with E-state index in [4.69, 9.17) is 0 Å². The molecule has 0 spiro atoms.